The van der Waals surface area contributed by atoms with Gasteiger partial charge in [-0.05, 0) is 50.2 Å². The van der Waals surface area contributed by atoms with Crippen LogP contribution in [0.4, 0.5) is 0 Å². The number of ether oxygens (including phenoxy) is 3. The Labute approximate surface area is 172 Å². The fraction of sp³-hybridized carbons (Fsp3) is 0.636. The third-order valence-corrected chi connectivity index (χ3v) is 6.08. The van der Waals surface area contributed by atoms with Crippen LogP contribution < -0.4 is 14.8 Å². The Bertz CT molecular complexity index is 706. The molecule has 7 heteroatoms. The summed E-state index contributed by atoms with van der Waals surface area (Å²) in [6.07, 6.45) is 4.71. The van der Waals surface area contributed by atoms with Gasteiger partial charge in [-0.3, -0.25) is 9.59 Å². The molecule has 1 aromatic rings. The molecule has 0 bridgehead atoms. The molecular formula is C22H32N2O5. The predicted octanol–water partition coefficient (Wildman–Crippen LogP) is 2.63. The van der Waals surface area contributed by atoms with E-state index in [-0.39, 0.29) is 17.4 Å². The summed E-state index contributed by atoms with van der Waals surface area (Å²) in [6, 6.07) is 5.27. The SMILES string of the molecule is COc1cc(OC)cc(C(=O)N2CCC3(CC2)CC(CCNC(C)=O)CCO3)c1. The summed E-state index contributed by atoms with van der Waals surface area (Å²) in [5.74, 6) is 1.79. The number of likely N-dealkylation sites (tertiary alicyclic amines) is 1. The van der Waals surface area contributed by atoms with Gasteiger partial charge in [-0.15, -0.1) is 0 Å². The lowest BCUT2D eigenvalue weighted by Crippen LogP contribution is -2.51. The van der Waals surface area contributed by atoms with E-state index in [2.05, 4.69) is 5.32 Å². The predicted molar refractivity (Wildman–Crippen MR) is 109 cm³/mol. The van der Waals surface area contributed by atoms with E-state index in [0.717, 1.165) is 45.3 Å². The molecule has 1 aromatic carbocycles. The molecule has 0 saturated carbocycles. The molecule has 2 heterocycles. The highest BCUT2D eigenvalue weighted by Gasteiger charge is 2.41. The van der Waals surface area contributed by atoms with Crippen molar-refractivity contribution in [2.45, 2.75) is 44.6 Å². The van der Waals surface area contributed by atoms with Crippen LogP contribution in [0.25, 0.3) is 0 Å². The molecule has 2 saturated heterocycles. The molecule has 29 heavy (non-hydrogen) atoms. The number of methoxy groups -OCH3 is 2. The Balaban J connectivity index is 1.58. The molecule has 1 atom stereocenters. The number of hydrogen-bond acceptors (Lipinski definition) is 5. The molecule has 2 aliphatic rings. The third kappa shape index (κ3) is 5.41. The fourth-order valence-electron chi connectivity index (χ4n) is 4.41. The zero-order chi connectivity index (χ0) is 20.9. The summed E-state index contributed by atoms with van der Waals surface area (Å²) < 4.78 is 16.8. The minimum absolute atomic E-state index is 0.00457. The Hall–Kier alpha value is -2.28. The van der Waals surface area contributed by atoms with Crippen molar-refractivity contribution in [3.05, 3.63) is 23.8 Å². The maximum atomic E-state index is 13.0. The second-order valence-corrected chi connectivity index (χ2v) is 8.06. The van der Waals surface area contributed by atoms with Crippen molar-refractivity contribution in [3.8, 4) is 11.5 Å². The number of rotatable bonds is 6. The van der Waals surface area contributed by atoms with Crippen molar-refractivity contribution in [2.75, 3.05) is 40.5 Å². The number of carbonyl (C=O) groups is 2. The van der Waals surface area contributed by atoms with Gasteiger partial charge in [0.1, 0.15) is 11.5 Å². The van der Waals surface area contributed by atoms with E-state index in [9.17, 15) is 9.59 Å². The highest BCUT2D eigenvalue weighted by molar-refractivity contribution is 5.95. The number of nitrogens with zero attached hydrogens (tertiary/aromatic N) is 1. The number of amides is 2. The standard InChI is InChI=1S/C22H32N2O5/c1-16(25)23-8-4-17-5-11-29-22(15-17)6-9-24(10-7-22)21(26)18-12-19(27-2)14-20(13-18)28-3/h12-14,17H,4-11,15H2,1-3H3,(H,23,25). The van der Waals surface area contributed by atoms with Crippen molar-refractivity contribution in [2.24, 2.45) is 5.92 Å². The minimum atomic E-state index is -0.137. The lowest BCUT2D eigenvalue weighted by molar-refractivity contribution is -0.125. The first kappa shape index (κ1) is 21.4. The molecule has 0 aliphatic carbocycles. The van der Waals surface area contributed by atoms with E-state index < -0.39 is 0 Å². The number of hydrogen-bond donors (Lipinski definition) is 1. The Kier molecular flexibility index (Phi) is 7.00. The topological polar surface area (TPSA) is 77.1 Å². The van der Waals surface area contributed by atoms with Crippen molar-refractivity contribution in [3.63, 3.8) is 0 Å². The van der Waals surface area contributed by atoms with E-state index >= 15 is 0 Å². The molecule has 1 N–H and O–H groups in total. The lowest BCUT2D eigenvalue weighted by atomic mass is 9.78. The van der Waals surface area contributed by atoms with Crippen LogP contribution in [-0.2, 0) is 9.53 Å². The van der Waals surface area contributed by atoms with Crippen LogP contribution in [0.5, 0.6) is 11.5 Å². The van der Waals surface area contributed by atoms with Gasteiger partial charge in [-0.25, -0.2) is 0 Å². The van der Waals surface area contributed by atoms with E-state index in [4.69, 9.17) is 14.2 Å². The molecule has 0 radical (unpaired) electrons. The number of piperidine rings is 1. The summed E-state index contributed by atoms with van der Waals surface area (Å²) in [4.78, 5) is 26.0. The second kappa shape index (κ2) is 9.48. The minimum Gasteiger partial charge on any atom is -0.497 e. The summed E-state index contributed by atoms with van der Waals surface area (Å²) in [5.41, 5.74) is 0.442. The van der Waals surface area contributed by atoms with Gasteiger partial charge in [-0.1, -0.05) is 0 Å². The Morgan fingerprint density at radius 2 is 1.83 bits per heavy atom. The van der Waals surface area contributed by atoms with Crippen molar-refractivity contribution in [1.82, 2.24) is 10.2 Å². The van der Waals surface area contributed by atoms with Crippen molar-refractivity contribution in [1.29, 1.82) is 0 Å². The van der Waals surface area contributed by atoms with Gasteiger partial charge < -0.3 is 24.4 Å². The normalized spacial score (nSPS) is 20.9. The first-order valence-corrected chi connectivity index (χ1v) is 10.4. The van der Waals surface area contributed by atoms with Crippen LogP contribution in [-0.4, -0.2) is 62.8 Å². The molecule has 0 aromatic heterocycles. The van der Waals surface area contributed by atoms with Gasteiger partial charge in [0.2, 0.25) is 5.91 Å². The summed E-state index contributed by atoms with van der Waals surface area (Å²) in [7, 11) is 3.16. The summed E-state index contributed by atoms with van der Waals surface area (Å²) in [5, 5.41) is 2.89. The average molecular weight is 405 g/mol. The van der Waals surface area contributed by atoms with E-state index in [1.165, 1.54) is 0 Å². The monoisotopic (exact) mass is 404 g/mol. The zero-order valence-electron chi connectivity index (χ0n) is 17.7. The third-order valence-electron chi connectivity index (χ3n) is 6.08. The first-order chi connectivity index (χ1) is 13.9. The molecule has 1 unspecified atom stereocenters. The number of carbonyl (C=O) groups excluding carboxylic acids is 2. The van der Waals surface area contributed by atoms with Gasteiger partial charge >= 0.3 is 0 Å². The highest BCUT2D eigenvalue weighted by atomic mass is 16.5. The zero-order valence-corrected chi connectivity index (χ0v) is 17.7. The van der Waals surface area contributed by atoms with Crippen LogP contribution in [0, 0.1) is 5.92 Å². The molecule has 160 valence electrons. The molecule has 2 aliphatic heterocycles. The molecule has 2 amide bonds. The van der Waals surface area contributed by atoms with Gasteiger partial charge in [0.15, 0.2) is 0 Å². The van der Waals surface area contributed by atoms with Gasteiger partial charge in [0.25, 0.3) is 5.91 Å². The molecule has 1 spiro atoms. The Morgan fingerprint density at radius 3 is 2.41 bits per heavy atom. The fourth-order valence-corrected chi connectivity index (χ4v) is 4.41. The molecule has 3 rings (SSSR count). The average Bonchev–Trinajstić information content (AvgIpc) is 2.73. The summed E-state index contributed by atoms with van der Waals surface area (Å²) in [6.45, 7) is 4.38. The van der Waals surface area contributed by atoms with E-state index in [1.807, 2.05) is 4.90 Å². The second-order valence-electron chi connectivity index (χ2n) is 8.06. The maximum Gasteiger partial charge on any atom is 0.254 e. The van der Waals surface area contributed by atoms with E-state index in [0.29, 0.717) is 36.1 Å². The number of nitrogens with one attached hydrogen (secondary N) is 1. The number of benzene rings is 1. The maximum absolute atomic E-state index is 13.0. The highest BCUT2D eigenvalue weighted by Crippen LogP contribution is 2.39. The quantitative estimate of drug-likeness (QED) is 0.789. The van der Waals surface area contributed by atoms with Crippen molar-refractivity contribution >= 4 is 11.8 Å². The lowest BCUT2D eigenvalue weighted by Gasteiger charge is -2.46. The van der Waals surface area contributed by atoms with Gasteiger partial charge in [-0.2, -0.15) is 0 Å². The van der Waals surface area contributed by atoms with Gasteiger partial charge in [0, 0.05) is 44.8 Å². The van der Waals surface area contributed by atoms with Crippen LogP contribution in [0.2, 0.25) is 0 Å². The first-order valence-electron chi connectivity index (χ1n) is 10.4. The molecule has 2 fully saturated rings. The van der Waals surface area contributed by atoms with Gasteiger partial charge in [0.05, 0.1) is 19.8 Å². The summed E-state index contributed by atoms with van der Waals surface area (Å²) >= 11 is 0. The van der Waals surface area contributed by atoms with Crippen LogP contribution in [0.15, 0.2) is 18.2 Å². The molecular weight excluding hydrogens is 372 g/mol. The molecule has 7 nitrogen and oxygen atoms in total. The van der Waals surface area contributed by atoms with Crippen molar-refractivity contribution < 1.29 is 23.8 Å². The smallest absolute Gasteiger partial charge is 0.254 e. The van der Waals surface area contributed by atoms with Crippen LogP contribution in [0.3, 0.4) is 0 Å². The van der Waals surface area contributed by atoms with E-state index in [1.54, 1.807) is 39.3 Å². The largest absolute Gasteiger partial charge is 0.497 e. The van der Waals surface area contributed by atoms with Crippen LogP contribution in [0.1, 0.15) is 49.4 Å². The Morgan fingerprint density at radius 1 is 1.17 bits per heavy atom. The van der Waals surface area contributed by atoms with Crippen LogP contribution >= 0.6 is 0 Å².